The zero-order valence-electron chi connectivity index (χ0n) is 9.84. The second kappa shape index (κ2) is 5.59. The number of aliphatic imine (C=N–C) groups is 1. The maximum atomic E-state index is 11.8. The predicted molar refractivity (Wildman–Crippen MR) is 84.6 cm³/mol. The van der Waals surface area contributed by atoms with Gasteiger partial charge in [-0.05, 0) is 50.1 Å². The second-order valence-corrected chi connectivity index (χ2v) is 6.67. The molecule has 0 saturated carbocycles. The van der Waals surface area contributed by atoms with Gasteiger partial charge in [0.25, 0.3) is 0 Å². The zero-order chi connectivity index (χ0) is 14.1. The summed E-state index contributed by atoms with van der Waals surface area (Å²) in [6, 6.07) is 3.71. The van der Waals surface area contributed by atoms with Crippen LogP contribution in [0.1, 0.15) is 10.4 Å². The number of rotatable bonds is 2. The van der Waals surface area contributed by atoms with Crippen LogP contribution in [0.15, 0.2) is 49.5 Å². The Labute approximate surface area is 135 Å². The zero-order valence-corrected chi connectivity index (χ0v) is 13.8. The first-order chi connectivity index (χ1) is 9.61. The maximum absolute atomic E-state index is 11.8. The molecule has 0 bridgehead atoms. The fraction of sp³-hybridized carbons (Fsp3) is 0. The first-order valence-electron chi connectivity index (χ1n) is 5.49. The Balaban J connectivity index is 1.94. The lowest BCUT2D eigenvalue weighted by Gasteiger charge is -1.98. The number of esters is 1. The molecule has 0 N–H and O–H groups in total. The minimum Gasteiger partial charge on any atom is -0.402 e. The molecule has 0 spiro atoms. The second-order valence-electron chi connectivity index (χ2n) is 3.90. The Bertz CT molecular complexity index is 752. The van der Waals surface area contributed by atoms with Gasteiger partial charge in [0.1, 0.15) is 0 Å². The van der Waals surface area contributed by atoms with E-state index in [2.05, 4.69) is 41.8 Å². The molecule has 7 heteroatoms. The summed E-state index contributed by atoms with van der Waals surface area (Å²) in [5, 5.41) is 1.94. The molecule has 0 aliphatic carbocycles. The van der Waals surface area contributed by atoms with Gasteiger partial charge in [-0.3, -0.25) is 4.98 Å². The van der Waals surface area contributed by atoms with E-state index in [0.29, 0.717) is 5.56 Å². The lowest BCUT2D eigenvalue weighted by atomic mass is 10.3. The Hall–Kier alpha value is -1.31. The van der Waals surface area contributed by atoms with Crippen molar-refractivity contribution in [1.29, 1.82) is 0 Å². The van der Waals surface area contributed by atoms with Crippen LogP contribution in [0.25, 0.3) is 6.08 Å². The summed E-state index contributed by atoms with van der Waals surface area (Å²) in [7, 11) is 0. The van der Waals surface area contributed by atoms with Crippen LogP contribution >= 0.6 is 43.2 Å². The summed E-state index contributed by atoms with van der Waals surface area (Å²) in [5.41, 5.74) is 0.942. The molecule has 0 aromatic carbocycles. The van der Waals surface area contributed by atoms with Gasteiger partial charge in [-0.1, -0.05) is 0 Å². The van der Waals surface area contributed by atoms with E-state index in [1.807, 2.05) is 11.4 Å². The number of cyclic esters (lactones) is 1. The summed E-state index contributed by atoms with van der Waals surface area (Å²) in [6.07, 6.45) is 4.96. The number of pyridine rings is 1. The van der Waals surface area contributed by atoms with Crippen LogP contribution in [0.3, 0.4) is 0 Å². The molecule has 2 aromatic rings. The van der Waals surface area contributed by atoms with Crippen LogP contribution in [-0.2, 0) is 9.53 Å². The van der Waals surface area contributed by atoms with Crippen LogP contribution in [0.2, 0.25) is 0 Å². The van der Waals surface area contributed by atoms with Gasteiger partial charge >= 0.3 is 5.97 Å². The number of carbonyl (C=O) groups is 1. The smallest absolute Gasteiger partial charge is 0.363 e. The maximum Gasteiger partial charge on any atom is 0.363 e. The highest BCUT2D eigenvalue weighted by Gasteiger charge is 2.24. The van der Waals surface area contributed by atoms with Gasteiger partial charge < -0.3 is 4.74 Å². The van der Waals surface area contributed by atoms with Gasteiger partial charge in [-0.2, -0.15) is 0 Å². The van der Waals surface area contributed by atoms with E-state index in [0.717, 1.165) is 13.8 Å². The molecule has 0 saturated heterocycles. The molecule has 0 radical (unpaired) electrons. The van der Waals surface area contributed by atoms with Gasteiger partial charge in [-0.25, -0.2) is 9.79 Å². The van der Waals surface area contributed by atoms with Crippen LogP contribution < -0.4 is 0 Å². The number of hydrogen-bond acceptors (Lipinski definition) is 5. The third-order valence-corrected chi connectivity index (χ3v) is 4.51. The average Bonchev–Trinajstić information content (AvgIpc) is 2.97. The van der Waals surface area contributed by atoms with E-state index in [4.69, 9.17) is 4.74 Å². The van der Waals surface area contributed by atoms with Crippen LogP contribution in [-0.4, -0.2) is 16.9 Å². The van der Waals surface area contributed by atoms with E-state index < -0.39 is 5.97 Å². The molecule has 2 aromatic heterocycles. The van der Waals surface area contributed by atoms with E-state index in [1.165, 1.54) is 11.3 Å². The quantitative estimate of drug-likeness (QED) is 0.552. The topological polar surface area (TPSA) is 51.5 Å². The first kappa shape index (κ1) is 13.7. The molecular weight excluding hydrogens is 408 g/mol. The average molecular weight is 414 g/mol. The van der Waals surface area contributed by atoms with Gasteiger partial charge in [0, 0.05) is 31.6 Å². The minimum atomic E-state index is -0.454. The lowest BCUT2D eigenvalue weighted by Crippen LogP contribution is -2.05. The molecule has 3 rings (SSSR count). The predicted octanol–water partition coefficient (Wildman–Crippen LogP) is 4.01. The van der Waals surface area contributed by atoms with E-state index >= 15 is 0 Å². The number of aromatic nitrogens is 1. The fourth-order valence-corrected chi connectivity index (χ4v) is 3.33. The summed E-state index contributed by atoms with van der Waals surface area (Å²) >= 11 is 8.21. The third-order valence-electron chi connectivity index (χ3n) is 2.44. The monoisotopic (exact) mass is 412 g/mol. The van der Waals surface area contributed by atoms with Crippen molar-refractivity contribution in [2.24, 2.45) is 4.99 Å². The van der Waals surface area contributed by atoms with E-state index in [9.17, 15) is 4.79 Å². The van der Waals surface area contributed by atoms with Crippen molar-refractivity contribution in [2.75, 3.05) is 0 Å². The molecule has 0 fully saturated rings. The molecule has 0 amide bonds. The van der Waals surface area contributed by atoms with Crippen LogP contribution in [0.4, 0.5) is 0 Å². The van der Waals surface area contributed by atoms with Gasteiger partial charge in [0.2, 0.25) is 5.90 Å². The Morgan fingerprint density at radius 2 is 2.05 bits per heavy atom. The molecule has 1 aliphatic heterocycles. The van der Waals surface area contributed by atoms with Crippen molar-refractivity contribution in [2.45, 2.75) is 0 Å². The molecule has 4 nitrogen and oxygen atoms in total. The number of carbonyl (C=O) groups excluding carboxylic acids is 1. The van der Waals surface area contributed by atoms with Crippen molar-refractivity contribution >= 4 is 61.1 Å². The molecule has 100 valence electrons. The summed E-state index contributed by atoms with van der Waals surface area (Å²) < 4.78 is 6.94. The van der Waals surface area contributed by atoms with Crippen molar-refractivity contribution < 1.29 is 9.53 Å². The summed E-state index contributed by atoms with van der Waals surface area (Å²) in [6.45, 7) is 0. The molecule has 0 atom stereocenters. The molecular formula is C13H6Br2N2O2S. The molecule has 3 heterocycles. The highest BCUT2D eigenvalue weighted by molar-refractivity contribution is 9.10. The number of nitrogens with zero attached hydrogens (tertiary/aromatic N) is 2. The van der Waals surface area contributed by atoms with Crippen molar-refractivity contribution in [3.63, 3.8) is 0 Å². The number of ether oxygens (including phenoxy) is 1. The van der Waals surface area contributed by atoms with Gasteiger partial charge in [0.15, 0.2) is 5.70 Å². The molecule has 1 aliphatic rings. The largest absolute Gasteiger partial charge is 0.402 e. The minimum absolute atomic E-state index is 0.269. The Morgan fingerprint density at radius 3 is 2.75 bits per heavy atom. The van der Waals surface area contributed by atoms with Gasteiger partial charge in [0.05, 0.1) is 5.56 Å². The fourth-order valence-electron chi connectivity index (χ4n) is 1.60. The highest BCUT2D eigenvalue weighted by Crippen LogP contribution is 2.25. The van der Waals surface area contributed by atoms with E-state index in [-0.39, 0.29) is 11.6 Å². The van der Waals surface area contributed by atoms with Crippen LogP contribution in [0.5, 0.6) is 0 Å². The SMILES string of the molecule is O=C1OC(c2cncc(Br)c2)=N/C1=C\c1cc(Br)cs1. The van der Waals surface area contributed by atoms with Crippen LogP contribution in [0, 0.1) is 0 Å². The molecule has 0 unspecified atom stereocenters. The Morgan fingerprint density at radius 1 is 1.20 bits per heavy atom. The summed E-state index contributed by atoms with van der Waals surface area (Å²) in [5.74, 6) is -0.185. The van der Waals surface area contributed by atoms with Gasteiger partial charge in [-0.15, -0.1) is 11.3 Å². The third kappa shape index (κ3) is 2.89. The number of thiophene rings is 1. The highest BCUT2D eigenvalue weighted by atomic mass is 79.9. The van der Waals surface area contributed by atoms with Crippen molar-refractivity contribution in [3.05, 3.63) is 55.0 Å². The van der Waals surface area contributed by atoms with Crippen molar-refractivity contribution in [1.82, 2.24) is 4.98 Å². The van der Waals surface area contributed by atoms with Crippen molar-refractivity contribution in [3.8, 4) is 0 Å². The lowest BCUT2D eigenvalue weighted by molar-refractivity contribution is -0.129. The Kier molecular flexibility index (Phi) is 3.82. The number of hydrogen-bond donors (Lipinski definition) is 0. The standard InChI is InChI=1S/C13H6Br2N2O2S/c14-8-1-7(4-16-5-8)12-17-11(13(18)19-12)3-10-2-9(15)6-20-10/h1-6H/b11-3-. The number of halogens is 2. The summed E-state index contributed by atoms with van der Waals surface area (Å²) in [4.78, 5) is 21.0. The first-order valence-corrected chi connectivity index (χ1v) is 7.96. The normalized spacial score (nSPS) is 16.4. The van der Waals surface area contributed by atoms with E-state index in [1.54, 1.807) is 24.5 Å². The molecule has 20 heavy (non-hydrogen) atoms.